The maximum atomic E-state index is 13.7. The van der Waals surface area contributed by atoms with Crippen LogP contribution in [-0.2, 0) is 26.5 Å². The Bertz CT molecular complexity index is 1100. The molecule has 168 valence electrons. The highest BCUT2D eigenvalue weighted by molar-refractivity contribution is 7.88. The van der Waals surface area contributed by atoms with Gasteiger partial charge in [0.15, 0.2) is 0 Å². The van der Waals surface area contributed by atoms with E-state index in [0.29, 0.717) is 44.8 Å². The fourth-order valence-corrected chi connectivity index (χ4v) is 4.54. The summed E-state index contributed by atoms with van der Waals surface area (Å²) < 4.78 is 72.7. The Morgan fingerprint density at radius 3 is 2.45 bits per heavy atom. The molecule has 1 aliphatic carbocycles. The summed E-state index contributed by atoms with van der Waals surface area (Å²) in [6.07, 6.45) is -1.67. The second kappa shape index (κ2) is 7.57. The molecular weight excluding hydrogens is 437 g/mol. The highest BCUT2D eigenvalue weighted by Gasteiger charge is 2.49. The Morgan fingerprint density at radius 2 is 1.87 bits per heavy atom. The van der Waals surface area contributed by atoms with E-state index >= 15 is 0 Å². The van der Waals surface area contributed by atoms with Gasteiger partial charge in [-0.25, -0.2) is 28.1 Å². The van der Waals surface area contributed by atoms with Crippen LogP contribution in [0.1, 0.15) is 24.1 Å². The summed E-state index contributed by atoms with van der Waals surface area (Å²) in [6, 6.07) is 2.14. The Balaban J connectivity index is 1.87. The van der Waals surface area contributed by atoms with E-state index in [-0.39, 0.29) is 23.0 Å². The first-order valence-corrected chi connectivity index (χ1v) is 11.4. The minimum Gasteiger partial charge on any atom is -0.384 e. The zero-order valence-electron chi connectivity index (χ0n) is 16.6. The van der Waals surface area contributed by atoms with Crippen molar-refractivity contribution in [3.8, 4) is 11.3 Å². The lowest BCUT2D eigenvalue weighted by molar-refractivity contribution is -0.137. The molecule has 0 spiro atoms. The monoisotopic (exact) mass is 458 g/mol. The van der Waals surface area contributed by atoms with E-state index in [1.54, 1.807) is 4.90 Å². The molecule has 1 aliphatic heterocycles. The maximum absolute atomic E-state index is 13.7. The Kier molecular flexibility index (Phi) is 5.30. The molecule has 2 fully saturated rings. The average Bonchev–Trinajstić information content (AvgIpc) is 3.46. The van der Waals surface area contributed by atoms with Crippen molar-refractivity contribution in [2.24, 2.45) is 0 Å². The quantitative estimate of drug-likeness (QED) is 0.691. The number of halogens is 3. The molecule has 13 heteroatoms. The van der Waals surface area contributed by atoms with E-state index < -0.39 is 27.3 Å². The van der Waals surface area contributed by atoms with E-state index in [9.17, 15) is 21.6 Å². The van der Waals surface area contributed by atoms with Crippen LogP contribution in [0.25, 0.3) is 11.3 Å². The van der Waals surface area contributed by atoms with Crippen molar-refractivity contribution < 1.29 is 26.3 Å². The van der Waals surface area contributed by atoms with Gasteiger partial charge in [-0.15, -0.1) is 0 Å². The van der Waals surface area contributed by atoms with Crippen molar-refractivity contribution >= 4 is 21.8 Å². The number of morpholine rings is 1. The number of nitrogens with two attached hydrogens (primary N) is 1. The number of hydrogen-bond donors (Lipinski definition) is 2. The van der Waals surface area contributed by atoms with E-state index in [2.05, 4.69) is 19.7 Å². The molecule has 3 N–H and O–H groups in total. The van der Waals surface area contributed by atoms with Crippen LogP contribution in [0, 0.1) is 0 Å². The number of hydrogen-bond acceptors (Lipinski definition) is 8. The van der Waals surface area contributed by atoms with Gasteiger partial charge < -0.3 is 15.4 Å². The number of ether oxygens (including phenoxy) is 1. The SMILES string of the molecule is CS(=O)(=O)NC1(c2cc(-c3cnc(N)cc3C(F)(F)F)nc(N3CCOCC3)n2)CC1. The molecular formula is C18H21F3N6O3S. The number of nitrogens with one attached hydrogen (secondary N) is 1. The van der Waals surface area contributed by atoms with Crippen LogP contribution in [0.4, 0.5) is 24.9 Å². The predicted molar refractivity (Wildman–Crippen MR) is 107 cm³/mol. The molecule has 1 saturated heterocycles. The number of nitrogen functional groups attached to an aromatic ring is 1. The Labute approximate surface area is 176 Å². The van der Waals surface area contributed by atoms with E-state index in [4.69, 9.17) is 10.5 Å². The maximum Gasteiger partial charge on any atom is 0.417 e. The van der Waals surface area contributed by atoms with Gasteiger partial charge in [-0.05, 0) is 25.0 Å². The first kappa shape index (κ1) is 21.7. The van der Waals surface area contributed by atoms with Gasteiger partial charge in [0, 0.05) is 24.8 Å². The molecule has 0 radical (unpaired) electrons. The molecule has 0 bridgehead atoms. The van der Waals surface area contributed by atoms with Crippen molar-refractivity contribution in [3.05, 3.63) is 29.6 Å². The van der Waals surface area contributed by atoms with Gasteiger partial charge in [-0.2, -0.15) is 13.2 Å². The summed E-state index contributed by atoms with van der Waals surface area (Å²) in [4.78, 5) is 14.5. The van der Waals surface area contributed by atoms with E-state index in [1.165, 1.54) is 6.07 Å². The van der Waals surface area contributed by atoms with Crippen LogP contribution in [0.5, 0.6) is 0 Å². The van der Waals surface area contributed by atoms with Gasteiger partial charge in [-0.3, -0.25) is 0 Å². The van der Waals surface area contributed by atoms with Crippen LogP contribution in [0.3, 0.4) is 0 Å². The molecule has 0 aromatic carbocycles. The number of pyridine rings is 1. The summed E-state index contributed by atoms with van der Waals surface area (Å²) >= 11 is 0. The molecule has 0 atom stereocenters. The lowest BCUT2D eigenvalue weighted by Gasteiger charge is -2.28. The summed E-state index contributed by atoms with van der Waals surface area (Å²) in [6.45, 7) is 1.77. The molecule has 3 heterocycles. The van der Waals surface area contributed by atoms with Crippen molar-refractivity contribution in [1.29, 1.82) is 0 Å². The number of rotatable bonds is 5. The minimum absolute atomic E-state index is 0.00658. The summed E-state index contributed by atoms with van der Waals surface area (Å²) in [5, 5.41) is 0. The average molecular weight is 458 g/mol. The van der Waals surface area contributed by atoms with E-state index in [0.717, 1.165) is 18.5 Å². The Hall–Kier alpha value is -2.51. The van der Waals surface area contributed by atoms with Gasteiger partial charge in [0.25, 0.3) is 0 Å². The van der Waals surface area contributed by atoms with Gasteiger partial charge in [0.1, 0.15) is 5.82 Å². The van der Waals surface area contributed by atoms with Gasteiger partial charge in [0.05, 0.1) is 42.0 Å². The number of alkyl halides is 3. The predicted octanol–water partition coefficient (Wildman–Crippen LogP) is 1.51. The first-order valence-electron chi connectivity index (χ1n) is 9.51. The molecule has 31 heavy (non-hydrogen) atoms. The number of anilines is 2. The molecule has 0 unspecified atom stereocenters. The summed E-state index contributed by atoms with van der Waals surface area (Å²) in [5.74, 6) is -0.0570. The fourth-order valence-electron chi connectivity index (χ4n) is 3.52. The normalized spacial score (nSPS) is 18.8. The molecule has 0 amide bonds. The highest BCUT2D eigenvalue weighted by atomic mass is 32.2. The number of aromatic nitrogens is 3. The van der Waals surface area contributed by atoms with Gasteiger partial charge in [-0.1, -0.05) is 0 Å². The fraction of sp³-hybridized carbons (Fsp3) is 0.500. The highest BCUT2D eigenvalue weighted by Crippen LogP contribution is 2.47. The standard InChI is InChI=1S/C18H21F3N6O3S/c1-31(28,29)26-17(2-3-17)14-9-13(24-16(25-14)27-4-6-30-7-5-27)11-10-23-15(22)8-12(11)18(19,20)21/h8-10,26H,2-7H2,1H3,(H2,22,23). The van der Waals surface area contributed by atoms with Crippen LogP contribution in [-0.4, -0.2) is 55.9 Å². The molecule has 1 saturated carbocycles. The number of nitrogens with zero attached hydrogens (tertiary/aromatic N) is 4. The zero-order chi connectivity index (χ0) is 22.4. The largest absolute Gasteiger partial charge is 0.417 e. The molecule has 2 aromatic rings. The second-order valence-electron chi connectivity index (χ2n) is 7.65. The topological polar surface area (TPSA) is 123 Å². The van der Waals surface area contributed by atoms with Crippen molar-refractivity contribution in [1.82, 2.24) is 19.7 Å². The first-order chi connectivity index (χ1) is 14.5. The van der Waals surface area contributed by atoms with Crippen LogP contribution >= 0.6 is 0 Å². The number of sulfonamides is 1. The minimum atomic E-state index is -4.68. The third-order valence-corrected chi connectivity index (χ3v) is 5.90. The molecule has 2 aliphatic rings. The third kappa shape index (κ3) is 4.72. The lowest BCUT2D eigenvalue weighted by Crippen LogP contribution is -2.39. The molecule has 9 nitrogen and oxygen atoms in total. The van der Waals surface area contributed by atoms with Crippen LogP contribution in [0.15, 0.2) is 18.3 Å². The second-order valence-corrected chi connectivity index (χ2v) is 9.40. The van der Waals surface area contributed by atoms with Gasteiger partial charge in [0.2, 0.25) is 16.0 Å². The third-order valence-electron chi connectivity index (χ3n) is 5.14. The van der Waals surface area contributed by atoms with Crippen molar-refractivity contribution in [3.63, 3.8) is 0 Å². The van der Waals surface area contributed by atoms with Crippen molar-refractivity contribution in [2.75, 3.05) is 43.2 Å². The van der Waals surface area contributed by atoms with Crippen LogP contribution in [0.2, 0.25) is 0 Å². The lowest BCUT2D eigenvalue weighted by atomic mass is 10.0. The van der Waals surface area contributed by atoms with E-state index in [1.807, 2.05) is 0 Å². The molecule has 4 rings (SSSR count). The smallest absolute Gasteiger partial charge is 0.384 e. The van der Waals surface area contributed by atoms with Crippen LogP contribution < -0.4 is 15.4 Å². The van der Waals surface area contributed by atoms with Crippen molar-refractivity contribution in [2.45, 2.75) is 24.6 Å². The molecule has 2 aromatic heterocycles. The Morgan fingerprint density at radius 1 is 1.19 bits per heavy atom. The van der Waals surface area contributed by atoms with Gasteiger partial charge >= 0.3 is 6.18 Å². The zero-order valence-corrected chi connectivity index (χ0v) is 17.4. The summed E-state index contributed by atoms with van der Waals surface area (Å²) in [5.41, 5.74) is 3.60. The summed E-state index contributed by atoms with van der Waals surface area (Å²) in [7, 11) is -3.57.